The van der Waals surface area contributed by atoms with Gasteiger partial charge in [-0.15, -0.1) is 15.3 Å². The number of benzene rings is 1. The van der Waals surface area contributed by atoms with Crippen LogP contribution in [0.3, 0.4) is 0 Å². The topological polar surface area (TPSA) is 92.9 Å². The summed E-state index contributed by atoms with van der Waals surface area (Å²) in [6.07, 6.45) is 2.26. The number of rotatable bonds is 6. The molecule has 0 radical (unpaired) electrons. The molecule has 2 fully saturated rings. The van der Waals surface area contributed by atoms with Gasteiger partial charge in [-0.3, -0.25) is 0 Å². The van der Waals surface area contributed by atoms with Crippen LogP contribution in [-0.2, 0) is 10.0 Å². The third-order valence-electron chi connectivity index (χ3n) is 6.27. The van der Waals surface area contributed by atoms with Gasteiger partial charge < -0.3 is 9.64 Å². The van der Waals surface area contributed by atoms with Crippen molar-refractivity contribution in [3.05, 3.63) is 41.2 Å². The number of aryl methyl sites for hydroxylation is 2. The summed E-state index contributed by atoms with van der Waals surface area (Å²) in [5.74, 6) is 2.87. The number of aromatic nitrogens is 4. The van der Waals surface area contributed by atoms with Crippen molar-refractivity contribution in [1.29, 1.82) is 0 Å². The van der Waals surface area contributed by atoms with E-state index >= 15 is 0 Å². The zero-order valence-electron chi connectivity index (χ0n) is 18.1. The highest BCUT2D eigenvalue weighted by molar-refractivity contribution is 7.89. The number of anilines is 1. The average molecular weight is 443 g/mol. The van der Waals surface area contributed by atoms with Gasteiger partial charge in [0.2, 0.25) is 10.0 Å². The highest BCUT2D eigenvalue weighted by Crippen LogP contribution is 2.39. The van der Waals surface area contributed by atoms with Crippen LogP contribution in [0.5, 0.6) is 5.75 Å². The van der Waals surface area contributed by atoms with Crippen LogP contribution in [0.4, 0.5) is 5.82 Å². The molecule has 0 unspecified atom stereocenters. The number of likely N-dealkylation sites (N-methyl/N-ethyl adjacent to an activating group) is 1. The minimum Gasteiger partial charge on any atom is -0.496 e. The van der Waals surface area contributed by atoms with E-state index in [1.807, 2.05) is 23.6 Å². The van der Waals surface area contributed by atoms with Crippen molar-refractivity contribution >= 4 is 21.5 Å². The number of hydrogen-bond acceptors (Lipinski definition) is 7. The Morgan fingerprint density at radius 2 is 1.84 bits per heavy atom. The van der Waals surface area contributed by atoms with Gasteiger partial charge in [0, 0.05) is 26.1 Å². The second kappa shape index (κ2) is 7.16. The molecule has 0 bridgehead atoms. The lowest BCUT2D eigenvalue weighted by Crippen LogP contribution is -2.60. The molecule has 9 nitrogen and oxygen atoms in total. The Morgan fingerprint density at radius 1 is 1.10 bits per heavy atom. The van der Waals surface area contributed by atoms with Gasteiger partial charge in [0.15, 0.2) is 11.5 Å². The van der Waals surface area contributed by atoms with E-state index in [9.17, 15) is 8.42 Å². The Kier molecular flexibility index (Phi) is 4.67. The molecule has 0 spiro atoms. The number of fused-ring (bicyclic) bond motifs is 1. The normalized spacial score (nSPS) is 17.4. The molecule has 0 amide bonds. The largest absolute Gasteiger partial charge is 0.496 e. The fourth-order valence-corrected chi connectivity index (χ4v) is 5.67. The van der Waals surface area contributed by atoms with Crippen molar-refractivity contribution in [2.24, 2.45) is 0 Å². The van der Waals surface area contributed by atoms with Gasteiger partial charge in [-0.1, -0.05) is 0 Å². The predicted molar refractivity (Wildman–Crippen MR) is 116 cm³/mol. The monoisotopic (exact) mass is 442 g/mol. The molecule has 1 saturated heterocycles. The van der Waals surface area contributed by atoms with Crippen molar-refractivity contribution in [3.8, 4) is 5.75 Å². The molecule has 164 valence electrons. The molecule has 1 aromatic carbocycles. The van der Waals surface area contributed by atoms with Gasteiger partial charge in [0.25, 0.3) is 0 Å². The molecular formula is C21H26N6O3S. The van der Waals surface area contributed by atoms with Crippen LogP contribution in [0, 0.1) is 13.8 Å². The second-order valence-electron chi connectivity index (χ2n) is 8.46. The molecule has 2 aliphatic rings. The fourth-order valence-electron chi connectivity index (χ4n) is 4.05. The molecule has 2 aromatic heterocycles. The minimum atomic E-state index is -3.61. The number of methoxy groups -OCH3 is 1. The zero-order chi connectivity index (χ0) is 21.9. The summed E-state index contributed by atoms with van der Waals surface area (Å²) >= 11 is 0. The van der Waals surface area contributed by atoms with Crippen molar-refractivity contribution < 1.29 is 13.2 Å². The van der Waals surface area contributed by atoms with Crippen LogP contribution in [0.25, 0.3) is 5.65 Å². The Morgan fingerprint density at radius 3 is 2.52 bits per heavy atom. The molecule has 1 aliphatic heterocycles. The maximum Gasteiger partial charge on any atom is 0.243 e. The first-order chi connectivity index (χ1) is 14.8. The summed E-state index contributed by atoms with van der Waals surface area (Å²) in [5.41, 5.74) is 2.22. The third-order valence-corrected chi connectivity index (χ3v) is 8.32. The van der Waals surface area contributed by atoms with Gasteiger partial charge >= 0.3 is 0 Å². The molecule has 5 rings (SSSR count). The summed E-state index contributed by atoms with van der Waals surface area (Å²) in [5, 5.41) is 13.2. The third kappa shape index (κ3) is 3.34. The van der Waals surface area contributed by atoms with E-state index in [0.29, 0.717) is 35.2 Å². The van der Waals surface area contributed by atoms with E-state index in [-0.39, 0.29) is 6.04 Å². The molecule has 0 atom stereocenters. The van der Waals surface area contributed by atoms with Gasteiger partial charge in [0.05, 0.1) is 18.0 Å². The molecule has 1 saturated carbocycles. The number of nitrogens with zero attached hydrogens (tertiary/aromatic N) is 6. The van der Waals surface area contributed by atoms with Gasteiger partial charge in [0.1, 0.15) is 11.6 Å². The van der Waals surface area contributed by atoms with Crippen molar-refractivity contribution in [3.63, 3.8) is 0 Å². The van der Waals surface area contributed by atoms with E-state index < -0.39 is 10.0 Å². The second-order valence-corrected chi connectivity index (χ2v) is 10.4. The van der Waals surface area contributed by atoms with E-state index in [1.54, 1.807) is 33.2 Å². The predicted octanol–water partition coefficient (Wildman–Crippen LogP) is 2.14. The van der Waals surface area contributed by atoms with Crippen molar-refractivity contribution in [1.82, 2.24) is 24.1 Å². The zero-order valence-corrected chi connectivity index (χ0v) is 18.9. The lowest BCUT2D eigenvalue weighted by atomic mass is 10.1. The van der Waals surface area contributed by atoms with E-state index in [0.717, 1.165) is 35.7 Å². The number of ether oxygens (including phenoxy) is 1. The minimum absolute atomic E-state index is 0.117. The Hall–Kier alpha value is -2.72. The Balaban J connectivity index is 1.34. The van der Waals surface area contributed by atoms with Gasteiger partial charge in [-0.05, 0) is 62.1 Å². The lowest BCUT2D eigenvalue weighted by Gasteiger charge is -2.43. The summed E-state index contributed by atoms with van der Waals surface area (Å²) in [4.78, 5) is 2.41. The maximum absolute atomic E-state index is 13.3. The molecular weight excluding hydrogens is 416 g/mol. The van der Waals surface area contributed by atoms with E-state index in [4.69, 9.17) is 9.84 Å². The fraction of sp³-hybridized carbons (Fsp3) is 0.476. The standard InChI is InChI=1S/C21H26N6O3S/c1-13-10-18(14(2)9-17(13)30-4)31(28,29)25(3)16-11-26(12-16)20-8-7-19-22-23-21(15-5-6-15)27(19)24-20/h7-10,15-16H,5-6,11-12H2,1-4H3. The number of sulfonamides is 1. The van der Waals surface area contributed by atoms with Gasteiger partial charge in [-0.25, -0.2) is 8.42 Å². The molecule has 31 heavy (non-hydrogen) atoms. The van der Waals surface area contributed by atoms with E-state index in [1.165, 1.54) is 4.31 Å². The smallest absolute Gasteiger partial charge is 0.243 e. The average Bonchev–Trinajstić information content (AvgIpc) is 3.47. The first kappa shape index (κ1) is 20.2. The van der Waals surface area contributed by atoms with Crippen LogP contribution in [0.15, 0.2) is 29.2 Å². The van der Waals surface area contributed by atoms with Crippen LogP contribution >= 0.6 is 0 Å². The van der Waals surface area contributed by atoms with Crippen LogP contribution in [0.2, 0.25) is 0 Å². The molecule has 10 heteroatoms. The van der Waals surface area contributed by atoms with Crippen molar-refractivity contribution in [2.45, 2.75) is 43.5 Å². The van der Waals surface area contributed by atoms with Crippen LogP contribution < -0.4 is 9.64 Å². The Bertz CT molecular complexity index is 1260. The first-order valence-corrected chi connectivity index (χ1v) is 11.8. The summed E-state index contributed by atoms with van der Waals surface area (Å²) < 4.78 is 35.2. The highest BCUT2D eigenvalue weighted by Gasteiger charge is 2.38. The van der Waals surface area contributed by atoms with Crippen LogP contribution in [0.1, 0.15) is 35.7 Å². The SMILES string of the molecule is COc1cc(C)c(S(=O)(=O)N(C)C2CN(c3ccc4nnc(C5CC5)n4n3)C2)cc1C. The van der Waals surface area contributed by atoms with Crippen molar-refractivity contribution in [2.75, 3.05) is 32.1 Å². The molecule has 1 aliphatic carbocycles. The maximum atomic E-state index is 13.3. The van der Waals surface area contributed by atoms with Gasteiger partial charge in [-0.2, -0.15) is 8.82 Å². The molecule has 0 N–H and O–H groups in total. The summed E-state index contributed by atoms with van der Waals surface area (Å²) in [6.45, 7) is 4.82. The summed E-state index contributed by atoms with van der Waals surface area (Å²) in [7, 11) is -0.375. The summed E-state index contributed by atoms with van der Waals surface area (Å²) in [6, 6.07) is 7.19. The van der Waals surface area contributed by atoms with Crippen LogP contribution in [-0.4, -0.2) is 65.8 Å². The lowest BCUT2D eigenvalue weighted by molar-refractivity contribution is 0.308. The molecule has 3 aromatic rings. The highest BCUT2D eigenvalue weighted by atomic mass is 32.2. The Labute approximate surface area is 181 Å². The van der Waals surface area contributed by atoms with E-state index in [2.05, 4.69) is 15.1 Å². The first-order valence-electron chi connectivity index (χ1n) is 10.4. The number of hydrogen-bond donors (Lipinski definition) is 0. The quantitative estimate of drug-likeness (QED) is 0.577. The molecule has 3 heterocycles.